The highest BCUT2D eigenvalue weighted by Gasteiger charge is 2.16. The first kappa shape index (κ1) is 17.4. The van der Waals surface area contributed by atoms with Crippen molar-refractivity contribution in [3.8, 4) is 0 Å². The third-order valence-corrected chi connectivity index (χ3v) is 3.10. The maximum atomic E-state index is 11.7. The third kappa shape index (κ3) is 7.09. The number of nitrogens with one attached hydrogen (secondary N) is 1. The Morgan fingerprint density at radius 1 is 1.33 bits per heavy atom. The van der Waals surface area contributed by atoms with Crippen LogP contribution in [0.5, 0.6) is 0 Å². The Hall–Kier alpha value is -1.62. The smallest absolute Gasteiger partial charge is 0.331 e. The summed E-state index contributed by atoms with van der Waals surface area (Å²) >= 11 is 3.35. The average molecular weight is 354 g/mol. The molecule has 0 saturated carbocycles. The van der Waals surface area contributed by atoms with E-state index >= 15 is 0 Å². The number of amides is 1. The van der Waals surface area contributed by atoms with Crippen LogP contribution in [0, 0.1) is 5.92 Å². The van der Waals surface area contributed by atoms with E-state index in [-0.39, 0.29) is 5.91 Å². The molecule has 5 heteroatoms. The Balaban J connectivity index is 2.47. The standard InChI is InChI=1S/C16H20BrNO3/c1-11(2)10-18-16(20)12(3)21-15(19)8-7-13-5-4-6-14(17)9-13/h4-9,11-12H,10H2,1-3H3,(H,18,20)/b8-7+/t12-/m0/s1. The Morgan fingerprint density at radius 3 is 2.67 bits per heavy atom. The van der Waals surface area contributed by atoms with Crippen LogP contribution in [0.3, 0.4) is 0 Å². The topological polar surface area (TPSA) is 55.4 Å². The second kappa shape index (κ2) is 8.62. The van der Waals surface area contributed by atoms with Crippen LogP contribution >= 0.6 is 15.9 Å². The molecule has 4 nitrogen and oxygen atoms in total. The SMILES string of the molecule is CC(C)CNC(=O)[C@H](C)OC(=O)/C=C/c1cccc(Br)c1. The van der Waals surface area contributed by atoms with E-state index in [4.69, 9.17) is 4.74 Å². The quantitative estimate of drug-likeness (QED) is 0.631. The van der Waals surface area contributed by atoms with Crippen LogP contribution in [0.4, 0.5) is 0 Å². The summed E-state index contributed by atoms with van der Waals surface area (Å²) in [5, 5.41) is 2.72. The van der Waals surface area contributed by atoms with E-state index in [2.05, 4.69) is 21.2 Å². The lowest BCUT2D eigenvalue weighted by Crippen LogP contribution is -2.37. The van der Waals surface area contributed by atoms with Crippen LogP contribution in [0.2, 0.25) is 0 Å². The van der Waals surface area contributed by atoms with Gasteiger partial charge in [0, 0.05) is 17.1 Å². The Labute approximate surface area is 133 Å². The summed E-state index contributed by atoms with van der Waals surface area (Å²) in [6, 6.07) is 7.52. The largest absolute Gasteiger partial charge is 0.449 e. The molecule has 0 aliphatic rings. The summed E-state index contributed by atoms with van der Waals surface area (Å²) in [6.45, 7) is 6.12. The fraction of sp³-hybridized carbons (Fsp3) is 0.375. The summed E-state index contributed by atoms with van der Waals surface area (Å²) < 4.78 is 5.98. The van der Waals surface area contributed by atoms with Crippen molar-refractivity contribution in [3.05, 3.63) is 40.4 Å². The number of benzene rings is 1. The molecule has 0 bridgehead atoms. The van der Waals surface area contributed by atoms with Gasteiger partial charge in [-0.1, -0.05) is 41.9 Å². The molecular weight excluding hydrogens is 334 g/mol. The maximum absolute atomic E-state index is 11.7. The Kier molecular flexibility index (Phi) is 7.15. The van der Waals surface area contributed by atoms with Gasteiger partial charge < -0.3 is 10.1 Å². The molecule has 0 fully saturated rings. The normalized spacial score (nSPS) is 12.4. The van der Waals surface area contributed by atoms with Crippen molar-refractivity contribution in [3.63, 3.8) is 0 Å². The first-order valence-corrected chi connectivity index (χ1v) is 7.59. The van der Waals surface area contributed by atoms with Crippen LogP contribution in [0.1, 0.15) is 26.3 Å². The molecule has 1 aromatic carbocycles. The summed E-state index contributed by atoms with van der Waals surface area (Å²) in [6.07, 6.45) is 2.16. The summed E-state index contributed by atoms with van der Waals surface area (Å²) in [4.78, 5) is 23.3. The molecule has 0 heterocycles. The van der Waals surface area contributed by atoms with Gasteiger partial charge in [-0.15, -0.1) is 0 Å². The lowest BCUT2D eigenvalue weighted by molar-refractivity contribution is -0.150. The van der Waals surface area contributed by atoms with Crippen molar-refractivity contribution in [2.75, 3.05) is 6.54 Å². The number of hydrogen-bond acceptors (Lipinski definition) is 3. The number of carbonyl (C=O) groups is 2. The minimum atomic E-state index is -0.802. The van der Waals surface area contributed by atoms with Gasteiger partial charge in [-0.2, -0.15) is 0 Å². The summed E-state index contributed by atoms with van der Waals surface area (Å²) in [5.74, 6) is -0.469. The number of esters is 1. The molecule has 1 atom stereocenters. The van der Waals surface area contributed by atoms with Gasteiger partial charge in [0.05, 0.1) is 0 Å². The van der Waals surface area contributed by atoms with Gasteiger partial charge in [-0.3, -0.25) is 4.79 Å². The van der Waals surface area contributed by atoms with Gasteiger partial charge in [0.1, 0.15) is 0 Å². The van der Waals surface area contributed by atoms with Gasteiger partial charge in [-0.25, -0.2) is 4.79 Å². The number of carbonyl (C=O) groups excluding carboxylic acids is 2. The predicted octanol–water partition coefficient (Wildman–Crippen LogP) is 3.17. The van der Waals surface area contributed by atoms with E-state index in [0.717, 1.165) is 10.0 Å². The maximum Gasteiger partial charge on any atom is 0.331 e. The molecule has 1 amide bonds. The lowest BCUT2D eigenvalue weighted by Gasteiger charge is -2.13. The highest BCUT2D eigenvalue weighted by molar-refractivity contribution is 9.10. The second-order valence-electron chi connectivity index (χ2n) is 5.11. The van der Waals surface area contributed by atoms with Gasteiger partial charge in [0.25, 0.3) is 5.91 Å². The van der Waals surface area contributed by atoms with Crippen LogP contribution in [-0.2, 0) is 14.3 Å². The zero-order valence-electron chi connectivity index (χ0n) is 12.4. The number of halogens is 1. The molecule has 0 aromatic heterocycles. The van der Waals surface area contributed by atoms with E-state index in [9.17, 15) is 9.59 Å². The van der Waals surface area contributed by atoms with E-state index in [0.29, 0.717) is 12.5 Å². The van der Waals surface area contributed by atoms with Gasteiger partial charge in [0.2, 0.25) is 0 Å². The van der Waals surface area contributed by atoms with E-state index < -0.39 is 12.1 Å². The van der Waals surface area contributed by atoms with Crippen molar-refractivity contribution >= 4 is 33.9 Å². The number of rotatable bonds is 6. The highest BCUT2D eigenvalue weighted by atomic mass is 79.9. The first-order valence-electron chi connectivity index (χ1n) is 6.80. The number of hydrogen-bond donors (Lipinski definition) is 1. The first-order chi connectivity index (χ1) is 9.88. The Morgan fingerprint density at radius 2 is 2.05 bits per heavy atom. The molecule has 0 unspecified atom stereocenters. The van der Waals surface area contributed by atoms with Crippen LogP contribution in [0.25, 0.3) is 6.08 Å². The van der Waals surface area contributed by atoms with Crippen molar-refractivity contribution < 1.29 is 14.3 Å². The molecular formula is C16H20BrNO3. The fourth-order valence-corrected chi connectivity index (χ4v) is 1.91. The van der Waals surface area contributed by atoms with Crippen molar-refractivity contribution in [2.45, 2.75) is 26.9 Å². The van der Waals surface area contributed by atoms with Crippen molar-refractivity contribution in [1.29, 1.82) is 0 Å². The van der Waals surface area contributed by atoms with E-state index in [1.165, 1.54) is 6.08 Å². The predicted molar refractivity (Wildman–Crippen MR) is 86.6 cm³/mol. The molecule has 114 valence electrons. The van der Waals surface area contributed by atoms with E-state index in [1.807, 2.05) is 38.1 Å². The van der Waals surface area contributed by atoms with E-state index in [1.54, 1.807) is 13.0 Å². The fourth-order valence-electron chi connectivity index (χ4n) is 1.49. The second-order valence-corrected chi connectivity index (χ2v) is 6.02. The van der Waals surface area contributed by atoms with Crippen LogP contribution < -0.4 is 5.32 Å². The molecule has 0 saturated heterocycles. The molecule has 21 heavy (non-hydrogen) atoms. The summed E-state index contributed by atoms with van der Waals surface area (Å²) in [7, 11) is 0. The van der Waals surface area contributed by atoms with Crippen LogP contribution in [-0.4, -0.2) is 24.5 Å². The highest BCUT2D eigenvalue weighted by Crippen LogP contribution is 2.12. The minimum absolute atomic E-state index is 0.284. The van der Waals surface area contributed by atoms with Crippen LogP contribution in [0.15, 0.2) is 34.8 Å². The number of ether oxygens (including phenoxy) is 1. The van der Waals surface area contributed by atoms with Crippen molar-refractivity contribution in [1.82, 2.24) is 5.32 Å². The molecule has 1 N–H and O–H groups in total. The third-order valence-electron chi connectivity index (χ3n) is 2.61. The zero-order chi connectivity index (χ0) is 15.8. The minimum Gasteiger partial charge on any atom is -0.449 e. The molecule has 1 aromatic rings. The van der Waals surface area contributed by atoms with Gasteiger partial charge in [-0.05, 0) is 36.6 Å². The molecule has 1 rings (SSSR count). The zero-order valence-corrected chi connectivity index (χ0v) is 14.0. The van der Waals surface area contributed by atoms with Crippen molar-refractivity contribution in [2.24, 2.45) is 5.92 Å². The molecule has 0 aliphatic carbocycles. The van der Waals surface area contributed by atoms with Gasteiger partial charge in [0.15, 0.2) is 6.10 Å². The monoisotopic (exact) mass is 353 g/mol. The molecule has 0 aliphatic heterocycles. The van der Waals surface area contributed by atoms with Gasteiger partial charge >= 0.3 is 5.97 Å². The average Bonchev–Trinajstić information content (AvgIpc) is 2.42. The molecule has 0 radical (unpaired) electrons. The lowest BCUT2D eigenvalue weighted by atomic mass is 10.2. The Bertz CT molecular complexity index is 526. The molecule has 0 spiro atoms. The summed E-state index contributed by atoms with van der Waals surface area (Å²) in [5.41, 5.74) is 0.873.